The third-order valence-corrected chi connectivity index (χ3v) is 2.16. The maximum Gasteiger partial charge on any atom is 0.122 e. The number of aliphatic imine (C=N–C) groups is 1. The van der Waals surface area contributed by atoms with Crippen LogP contribution in [0.2, 0.25) is 0 Å². The number of rotatable bonds is 1. The van der Waals surface area contributed by atoms with Crippen molar-refractivity contribution in [3.8, 4) is 0 Å². The third kappa shape index (κ3) is 1.16. The lowest BCUT2D eigenvalue weighted by molar-refractivity contribution is 0.812. The number of hydrogen-bond acceptors (Lipinski definition) is 3. The molecular weight excluding hydrogens is 138 g/mol. The Hall–Kier alpha value is -0.830. The van der Waals surface area contributed by atoms with Crippen molar-refractivity contribution in [3.05, 3.63) is 12.3 Å². The van der Waals surface area contributed by atoms with Crippen molar-refractivity contribution < 1.29 is 0 Å². The van der Waals surface area contributed by atoms with Crippen molar-refractivity contribution in [2.24, 2.45) is 4.99 Å². The quantitative estimate of drug-likeness (QED) is 0.528. The van der Waals surface area contributed by atoms with Gasteiger partial charge in [-0.3, -0.25) is 4.99 Å². The van der Waals surface area contributed by atoms with Crippen LogP contribution in [0.3, 0.4) is 0 Å². The van der Waals surface area contributed by atoms with Crippen LogP contribution in [0.25, 0.3) is 0 Å². The molecule has 3 heteroatoms. The second kappa shape index (κ2) is 2.08. The van der Waals surface area contributed by atoms with E-state index in [1.165, 1.54) is 0 Å². The highest BCUT2D eigenvalue weighted by molar-refractivity contribution is 5.95. The van der Waals surface area contributed by atoms with Crippen LogP contribution in [-0.4, -0.2) is 24.0 Å². The van der Waals surface area contributed by atoms with Crippen LogP contribution in [-0.2, 0) is 0 Å². The van der Waals surface area contributed by atoms with E-state index in [1.54, 1.807) is 0 Å². The Labute approximate surface area is 66.6 Å². The van der Waals surface area contributed by atoms with E-state index in [2.05, 4.69) is 35.5 Å². The van der Waals surface area contributed by atoms with Gasteiger partial charge in [-0.05, 0) is 19.9 Å². The molecule has 1 fully saturated rings. The van der Waals surface area contributed by atoms with Gasteiger partial charge in [0.1, 0.15) is 5.84 Å². The maximum atomic E-state index is 4.47. The minimum absolute atomic E-state index is 0.138. The Kier molecular flexibility index (Phi) is 1.29. The zero-order chi connectivity index (χ0) is 7.90. The minimum Gasteiger partial charge on any atom is -0.349 e. The molecule has 2 aliphatic rings. The van der Waals surface area contributed by atoms with Gasteiger partial charge in [-0.25, -0.2) is 0 Å². The van der Waals surface area contributed by atoms with Crippen LogP contribution < -0.4 is 10.6 Å². The van der Waals surface area contributed by atoms with Gasteiger partial charge in [0.25, 0.3) is 0 Å². The van der Waals surface area contributed by atoms with E-state index in [0.29, 0.717) is 6.04 Å². The lowest BCUT2D eigenvalue weighted by Crippen LogP contribution is -2.37. The first-order valence-electron chi connectivity index (χ1n) is 3.97. The van der Waals surface area contributed by atoms with E-state index in [-0.39, 0.29) is 5.54 Å². The first-order chi connectivity index (χ1) is 5.21. The summed E-state index contributed by atoms with van der Waals surface area (Å²) >= 11 is 0. The molecule has 0 bridgehead atoms. The molecule has 0 aromatic rings. The predicted molar refractivity (Wildman–Crippen MR) is 45.6 cm³/mol. The molecule has 2 aliphatic heterocycles. The van der Waals surface area contributed by atoms with E-state index in [1.807, 2.05) is 6.20 Å². The van der Waals surface area contributed by atoms with E-state index in [4.69, 9.17) is 0 Å². The molecule has 1 saturated heterocycles. The zero-order valence-corrected chi connectivity index (χ0v) is 6.89. The van der Waals surface area contributed by atoms with E-state index < -0.39 is 0 Å². The summed E-state index contributed by atoms with van der Waals surface area (Å²) in [5.74, 6) is 1.08. The lowest BCUT2D eigenvalue weighted by atomic mass is 10.1. The summed E-state index contributed by atoms with van der Waals surface area (Å²) in [6.45, 7) is 5.28. The average Bonchev–Trinajstić information content (AvgIpc) is 2.70. The molecule has 0 aliphatic carbocycles. The molecule has 2 N–H and O–H groups in total. The molecule has 2 heterocycles. The second-order valence-corrected chi connectivity index (χ2v) is 3.41. The summed E-state index contributed by atoms with van der Waals surface area (Å²) in [7, 11) is 0. The van der Waals surface area contributed by atoms with Gasteiger partial charge in [0.05, 0.1) is 11.6 Å². The van der Waals surface area contributed by atoms with Crippen molar-refractivity contribution in [1.82, 2.24) is 10.6 Å². The van der Waals surface area contributed by atoms with Gasteiger partial charge in [0.15, 0.2) is 0 Å². The molecule has 3 nitrogen and oxygen atoms in total. The molecule has 0 aromatic carbocycles. The summed E-state index contributed by atoms with van der Waals surface area (Å²) in [4.78, 5) is 4.47. The van der Waals surface area contributed by atoms with Crippen molar-refractivity contribution in [1.29, 1.82) is 0 Å². The average molecular weight is 151 g/mol. The van der Waals surface area contributed by atoms with E-state index >= 15 is 0 Å². The predicted octanol–water partition coefficient (Wildman–Crippen LogP) is 0.252. The molecule has 0 amide bonds. The van der Waals surface area contributed by atoms with Gasteiger partial charge in [-0.15, -0.1) is 0 Å². The Morgan fingerprint density at radius 2 is 2.45 bits per heavy atom. The Morgan fingerprint density at radius 3 is 3.00 bits per heavy atom. The molecular formula is C8H13N3. The fourth-order valence-corrected chi connectivity index (χ4v) is 1.15. The highest BCUT2D eigenvalue weighted by Gasteiger charge is 2.42. The molecule has 0 aromatic heterocycles. The van der Waals surface area contributed by atoms with Crippen LogP contribution in [0.4, 0.5) is 0 Å². The van der Waals surface area contributed by atoms with Crippen molar-refractivity contribution in [2.45, 2.75) is 25.4 Å². The normalized spacial score (nSPS) is 41.3. The van der Waals surface area contributed by atoms with Crippen molar-refractivity contribution >= 4 is 5.84 Å². The van der Waals surface area contributed by atoms with Gasteiger partial charge in [-0.1, -0.05) is 0 Å². The number of amidine groups is 1. The standard InChI is InChI=1S/C8H13N3/c1-6-3-4-9-7(11-6)8(2)5-10-8/h3-4,6,10H,5H2,1-2H3,(H,9,11)/t6?,8-/m1/s1. The topological polar surface area (TPSA) is 46.3 Å². The highest BCUT2D eigenvalue weighted by Crippen LogP contribution is 2.18. The van der Waals surface area contributed by atoms with Crippen molar-refractivity contribution in [2.75, 3.05) is 6.54 Å². The summed E-state index contributed by atoms with van der Waals surface area (Å²) < 4.78 is 0. The molecule has 1 unspecified atom stereocenters. The van der Waals surface area contributed by atoms with Crippen LogP contribution in [0.1, 0.15) is 13.8 Å². The molecule has 11 heavy (non-hydrogen) atoms. The minimum atomic E-state index is 0.138. The van der Waals surface area contributed by atoms with Gasteiger partial charge < -0.3 is 10.6 Å². The molecule has 0 radical (unpaired) electrons. The van der Waals surface area contributed by atoms with Gasteiger partial charge in [0, 0.05) is 12.7 Å². The van der Waals surface area contributed by atoms with Crippen molar-refractivity contribution in [3.63, 3.8) is 0 Å². The summed E-state index contributed by atoms with van der Waals surface area (Å²) in [6, 6.07) is 0.325. The molecule has 0 spiro atoms. The Balaban J connectivity index is 2.15. The van der Waals surface area contributed by atoms with Gasteiger partial charge >= 0.3 is 0 Å². The molecule has 0 saturated carbocycles. The summed E-state index contributed by atoms with van der Waals surface area (Å²) in [6.07, 6.45) is 4.02. The second-order valence-electron chi connectivity index (χ2n) is 3.41. The maximum absolute atomic E-state index is 4.47. The number of hydrogen-bond donors (Lipinski definition) is 2. The van der Waals surface area contributed by atoms with Crippen LogP contribution in [0, 0.1) is 0 Å². The lowest BCUT2D eigenvalue weighted by Gasteiger charge is -2.17. The zero-order valence-electron chi connectivity index (χ0n) is 6.89. The van der Waals surface area contributed by atoms with Crippen LogP contribution >= 0.6 is 0 Å². The fourth-order valence-electron chi connectivity index (χ4n) is 1.15. The fraction of sp³-hybridized carbons (Fsp3) is 0.625. The monoisotopic (exact) mass is 151 g/mol. The smallest absolute Gasteiger partial charge is 0.122 e. The Morgan fingerprint density at radius 1 is 1.73 bits per heavy atom. The third-order valence-electron chi connectivity index (χ3n) is 2.16. The Bertz CT molecular complexity index is 225. The highest BCUT2D eigenvalue weighted by atomic mass is 15.2. The van der Waals surface area contributed by atoms with Crippen LogP contribution in [0.15, 0.2) is 17.3 Å². The largest absolute Gasteiger partial charge is 0.349 e. The van der Waals surface area contributed by atoms with Gasteiger partial charge in [-0.2, -0.15) is 0 Å². The first kappa shape index (κ1) is 6.85. The number of nitrogens with one attached hydrogen (secondary N) is 2. The van der Waals surface area contributed by atoms with Crippen LogP contribution in [0.5, 0.6) is 0 Å². The molecule has 60 valence electrons. The van der Waals surface area contributed by atoms with E-state index in [9.17, 15) is 0 Å². The SMILES string of the molecule is CC1C=CNC([C@@]2(C)CN2)=N1. The molecule has 2 rings (SSSR count). The summed E-state index contributed by atoms with van der Waals surface area (Å²) in [5.41, 5.74) is 0.138. The van der Waals surface area contributed by atoms with E-state index in [0.717, 1.165) is 12.4 Å². The molecule has 2 atom stereocenters. The summed E-state index contributed by atoms with van der Waals surface area (Å²) in [5, 5.41) is 6.43. The van der Waals surface area contributed by atoms with Gasteiger partial charge in [0.2, 0.25) is 0 Å². The first-order valence-corrected chi connectivity index (χ1v) is 3.97. The number of nitrogens with zero attached hydrogens (tertiary/aromatic N) is 1.